The Morgan fingerprint density at radius 2 is 1.38 bits per heavy atom. The van der Waals surface area contributed by atoms with Crippen molar-refractivity contribution in [2.45, 2.75) is 20.8 Å². The monoisotopic (exact) mass is 564 g/mol. The lowest BCUT2D eigenvalue weighted by Crippen LogP contribution is -1.97. The number of anilines is 4. The second kappa shape index (κ2) is 11.4. The molecular formula is C25H22F2N10S2. The van der Waals surface area contributed by atoms with E-state index in [4.69, 9.17) is 0 Å². The lowest BCUT2D eigenvalue weighted by atomic mass is 10.2. The number of nitrogens with zero attached hydrogens (tertiary/aromatic N) is 6. The van der Waals surface area contributed by atoms with Crippen LogP contribution in [0.4, 0.5) is 30.7 Å². The van der Waals surface area contributed by atoms with Gasteiger partial charge in [-0.05, 0) is 38.5 Å². The number of aromatic nitrogens is 8. The molecule has 6 aromatic rings. The number of rotatable bonds is 6. The summed E-state index contributed by atoms with van der Waals surface area (Å²) in [5, 5.41) is 20.6. The van der Waals surface area contributed by atoms with Gasteiger partial charge in [0.15, 0.2) is 21.9 Å². The van der Waals surface area contributed by atoms with Gasteiger partial charge < -0.3 is 10.6 Å². The molecule has 14 heteroatoms. The van der Waals surface area contributed by atoms with E-state index in [1.807, 2.05) is 32.2 Å². The number of halogens is 2. The van der Waals surface area contributed by atoms with Crippen molar-refractivity contribution in [2.75, 3.05) is 10.6 Å². The molecular weight excluding hydrogens is 542 g/mol. The summed E-state index contributed by atoms with van der Waals surface area (Å²) in [7, 11) is 0. The Bertz CT molecular complexity index is 1680. The molecule has 0 saturated carbocycles. The van der Waals surface area contributed by atoms with Gasteiger partial charge in [-0.15, -0.1) is 22.7 Å². The Labute approximate surface area is 229 Å². The maximum absolute atomic E-state index is 13.5. The molecule has 0 amide bonds. The number of aryl methyl sites for hydroxylation is 3. The molecule has 198 valence electrons. The fourth-order valence-corrected chi connectivity index (χ4v) is 5.20. The van der Waals surface area contributed by atoms with Crippen LogP contribution in [-0.2, 0) is 0 Å². The molecule has 0 aliphatic carbocycles. The van der Waals surface area contributed by atoms with E-state index < -0.39 is 11.6 Å². The van der Waals surface area contributed by atoms with Crippen LogP contribution < -0.4 is 10.6 Å². The first-order chi connectivity index (χ1) is 18.9. The van der Waals surface area contributed by atoms with Crippen LogP contribution in [0.2, 0.25) is 0 Å². The Morgan fingerprint density at radius 1 is 0.769 bits per heavy atom. The highest BCUT2D eigenvalue weighted by atomic mass is 32.1. The predicted octanol–water partition coefficient (Wildman–Crippen LogP) is 6.55. The fourth-order valence-electron chi connectivity index (χ4n) is 3.52. The number of aromatic amines is 2. The molecule has 6 aromatic heterocycles. The van der Waals surface area contributed by atoms with Gasteiger partial charge in [-0.3, -0.25) is 10.2 Å². The number of thiazole rings is 2. The van der Waals surface area contributed by atoms with E-state index in [2.05, 4.69) is 57.9 Å². The molecule has 4 N–H and O–H groups in total. The van der Waals surface area contributed by atoms with Crippen LogP contribution in [0.25, 0.3) is 22.5 Å². The van der Waals surface area contributed by atoms with Crippen molar-refractivity contribution in [3.8, 4) is 22.5 Å². The number of H-pyrrole nitrogens is 2. The Balaban J connectivity index is 0.000000158. The van der Waals surface area contributed by atoms with Crippen molar-refractivity contribution in [1.82, 2.24) is 40.3 Å². The lowest BCUT2D eigenvalue weighted by molar-refractivity contribution is 0.576. The molecule has 0 radical (unpaired) electrons. The predicted molar refractivity (Wildman–Crippen MR) is 149 cm³/mol. The summed E-state index contributed by atoms with van der Waals surface area (Å²) in [6.07, 6.45) is 9.73. The lowest BCUT2D eigenvalue weighted by Gasteiger charge is -2.02. The fraction of sp³-hybridized carbons (Fsp3) is 0.120. The topological polar surface area (TPSA) is 133 Å². The summed E-state index contributed by atoms with van der Waals surface area (Å²) in [6.45, 7) is 5.99. The third kappa shape index (κ3) is 6.30. The molecule has 0 bridgehead atoms. The van der Waals surface area contributed by atoms with Crippen molar-refractivity contribution < 1.29 is 8.78 Å². The minimum atomic E-state index is -0.761. The van der Waals surface area contributed by atoms with Crippen LogP contribution in [0, 0.1) is 32.4 Å². The van der Waals surface area contributed by atoms with Crippen LogP contribution >= 0.6 is 22.7 Å². The van der Waals surface area contributed by atoms with Gasteiger partial charge in [0.1, 0.15) is 11.6 Å². The molecule has 0 saturated heterocycles. The molecule has 0 spiro atoms. The largest absolute Gasteiger partial charge is 0.316 e. The van der Waals surface area contributed by atoms with E-state index in [9.17, 15) is 8.78 Å². The van der Waals surface area contributed by atoms with Crippen LogP contribution in [0.1, 0.15) is 15.3 Å². The van der Waals surface area contributed by atoms with E-state index >= 15 is 0 Å². The van der Waals surface area contributed by atoms with Crippen LogP contribution in [0.3, 0.4) is 0 Å². The molecule has 6 heterocycles. The molecule has 10 nitrogen and oxygen atoms in total. The molecule has 0 unspecified atom stereocenters. The maximum atomic E-state index is 13.5. The molecule has 39 heavy (non-hydrogen) atoms. The van der Waals surface area contributed by atoms with Gasteiger partial charge >= 0.3 is 0 Å². The van der Waals surface area contributed by atoms with E-state index in [1.165, 1.54) is 16.9 Å². The summed E-state index contributed by atoms with van der Waals surface area (Å²) in [6, 6.07) is 4.73. The highest BCUT2D eigenvalue weighted by molar-refractivity contribution is 7.16. The second-order valence-electron chi connectivity index (χ2n) is 8.27. The van der Waals surface area contributed by atoms with E-state index in [1.54, 1.807) is 36.1 Å². The highest BCUT2D eigenvalue weighted by Crippen LogP contribution is 2.32. The van der Waals surface area contributed by atoms with Crippen molar-refractivity contribution in [3.63, 3.8) is 0 Å². The van der Waals surface area contributed by atoms with Crippen LogP contribution in [0.15, 0.2) is 55.4 Å². The zero-order valence-corrected chi connectivity index (χ0v) is 22.6. The van der Waals surface area contributed by atoms with Gasteiger partial charge in [0, 0.05) is 45.5 Å². The number of pyridine rings is 2. The van der Waals surface area contributed by atoms with Crippen molar-refractivity contribution in [1.29, 1.82) is 0 Å². The first-order valence-corrected chi connectivity index (χ1v) is 13.2. The minimum Gasteiger partial charge on any atom is -0.316 e. The van der Waals surface area contributed by atoms with E-state index in [0.717, 1.165) is 55.5 Å². The third-order valence-electron chi connectivity index (χ3n) is 5.32. The van der Waals surface area contributed by atoms with Gasteiger partial charge in [0.05, 0.1) is 30.0 Å². The van der Waals surface area contributed by atoms with Crippen molar-refractivity contribution >= 4 is 44.6 Å². The van der Waals surface area contributed by atoms with E-state index in [-0.39, 0.29) is 5.82 Å². The van der Waals surface area contributed by atoms with Crippen LogP contribution in [0.5, 0.6) is 0 Å². The number of hydrogen-bond acceptors (Lipinski definition) is 10. The summed E-state index contributed by atoms with van der Waals surface area (Å²) in [5.41, 5.74) is 4.72. The van der Waals surface area contributed by atoms with Gasteiger partial charge in [-0.2, -0.15) is 10.2 Å². The number of hydrogen-bond donors (Lipinski definition) is 4. The Kier molecular flexibility index (Phi) is 7.65. The zero-order chi connectivity index (χ0) is 27.4. The van der Waals surface area contributed by atoms with E-state index in [0.29, 0.717) is 5.13 Å². The Morgan fingerprint density at radius 3 is 1.92 bits per heavy atom. The molecule has 0 aliphatic heterocycles. The minimum absolute atomic E-state index is 0.0566. The number of nitrogens with one attached hydrogen (secondary N) is 4. The molecule has 0 aromatic carbocycles. The SMILES string of the molecule is Cc1ccnc(Nc2nc(-c3cn[nH]c3)c(C)s2)c1.Cc1sc(Nc2ncc(F)cc2F)nc1-c1cn[nH]c1. The van der Waals surface area contributed by atoms with Crippen molar-refractivity contribution in [3.05, 3.63) is 82.3 Å². The van der Waals surface area contributed by atoms with Gasteiger partial charge in [-0.25, -0.2) is 28.7 Å². The Hall–Kier alpha value is -4.56. The average Bonchev–Trinajstić information content (AvgIpc) is 3.70. The summed E-state index contributed by atoms with van der Waals surface area (Å²) < 4.78 is 26.3. The molecule has 0 aliphatic rings. The smallest absolute Gasteiger partial charge is 0.189 e. The van der Waals surface area contributed by atoms with Gasteiger partial charge in [-0.1, -0.05) is 0 Å². The van der Waals surface area contributed by atoms with Crippen LogP contribution in [-0.4, -0.2) is 40.3 Å². The standard InChI is InChI=1S/C13H13N5S.C12H9F2N5S/c1-8-3-4-14-11(5-8)17-13-18-12(9(2)19-13)10-6-15-16-7-10;1-6-10(7-3-16-17-4-7)18-12(20-6)19-11-9(14)2-8(13)5-15-11/h3-7H,1-2H3,(H,15,16)(H,14,17,18);2-5H,1H3,(H,16,17)(H,15,18,19). The van der Waals surface area contributed by atoms with Gasteiger partial charge in [0.25, 0.3) is 0 Å². The first kappa shape index (κ1) is 26.1. The molecule has 0 fully saturated rings. The van der Waals surface area contributed by atoms with Crippen molar-refractivity contribution in [2.24, 2.45) is 0 Å². The normalized spacial score (nSPS) is 10.7. The zero-order valence-electron chi connectivity index (χ0n) is 21.0. The highest BCUT2D eigenvalue weighted by Gasteiger charge is 2.13. The molecule has 6 rings (SSSR count). The second-order valence-corrected chi connectivity index (χ2v) is 10.7. The quantitative estimate of drug-likeness (QED) is 0.179. The first-order valence-electron chi connectivity index (χ1n) is 11.6. The summed E-state index contributed by atoms with van der Waals surface area (Å²) >= 11 is 2.97. The molecule has 0 atom stereocenters. The summed E-state index contributed by atoms with van der Waals surface area (Å²) in [5.74, 6) is -0.725. The maximum Gasteiger partial charge on any atom is 0.189 e. The third-order valence-corrected chi connectivity index (χ3v) is 7.09. The van der Waals surface area contributed by atoms with Gasteiger partial charge in [0.2, 0.25) is 0 Å². The average molecular weight is 565 g/mol. The summed E-state index contributed by atoms with van der Waals surface area (Å²) in [4.78, 5) is 19.0.